The van der Waals surface area contributed by atoms with Crippen LogP contribution >= 0.6 is 11.6 Å². The molecule has 0 radical (unpaired) electrons. The van der Waals surface area contributed by atoms with E-state index in [0.717, 1.165) is 16.7 Å². The maximum atomic E-state index is 14.9. The van der Waals surface area contributed by atoms with Gasteiger partial charge >= 0.3 is 0 Å². The number of halogens is 1. The van der Waals surface area contributed by atoms with Crippen LogP contribution in [0.5, 0.6) is 0 Å². The third kappa shape index (κ3) is 3.75. The minimum absolute atomic E-state index is 0.0505. The van der Waals surface area contributed by atoms with Crippen molar-refractivity contribution in [3.63, 3.8) is 0 Å². The summed E-state index contributed by atoms with van der Waals surface area (Å²) in [6.07, 6.45) is 0.495. The molecule has 6 nitrogen and oxygen atoms in total. The van der Waals surface area contributed by atoms with Gasteiger partial charge in [0.25, 0.3) is 11.8 Å². The molecular weight excluding hydrogens is 536 g/mol. The first-order chi connectivity index (χ1) is 19.9. The molecule has 202 valence electrons. The number of aryl methyl sites for hydroxylation is 1. The Bertz CT molecular complexity index is 1930. The van der Waals surface area contributed by atoms with Crippen LogP contribution in [0.3, 0.4) is 0 Å². The summed E-state index contributed by atoms with van der Waals surface area (Å²) in [5.74, 6) is -0.932. The Morgan fingerprint density at radius 1 is 0.829 bits per heavy atom. The third-order valence-corrected chi connectivity index (χ3v) is 8.32. The molecule has 4 aromatic carbocycles. The third-order valence-electron chi connectivity index (χ3n) is 8.09. The quantitative estimate of drug-likeness (QED) is 0.255. The number of hydrogen-bond acceptors (Lipinski definition) is 4. The van der Waals surface area contributed by atoms with Crippen molar-refractivity contribution in [3.05, 3.63) is 146 Å². The zero-order chi connectivity index (χ0) is 28.3. The lowest BCUT2D eigenvalue weighted by Crippen LogP contribution is -2.53. The zero-order valence-electron chi connectivity index (χ0n) is 22.3. The number of amides is 2. The molecule has 1 unspecified atom stereocenters. The minimum atomic E-state index is -1.67. The van der Waals surface area contributed by atoms with E-state index < -0.39 is 16.9 Å². The highest BCUT2D eigenvalue weighted by atomic mass is 35.5. The summed E-state index contributed by atoms with van der Waals surface area (Å²) < 4.78 is 6.13. The Hall–Kier alpha value is -4.68. The van der Waals surface area contributed by atoms with Crippen LogP contribution in [0, 0.1) is 6.92 Å². The second-order valence-electron chi connectivity index (χ2n) is 10.6. The molecule has 2 amide bonds. The number of anilines is 1. The summed E-state index contributed by atoms with van der Waals surface area (Å²) in [4.78, 5) is 46.6. The Labute approximate surface area is 241 Å². The van der Waals surface area contributed by atoms with Gasteiger partial charge in [-0.05, 0) is 48.7 Å². The van der Waals surface area contributed by atoms with Gasteiger partial charge in [-0.2, -0.15) is 0 Å². The van der Waals surface area contributed by atoms with Gasteiger partial charge in [0.2, 0.25) is 5.76 Å². The van der Waals surface area contributed by atoms with Crippen molar-refractivity contribution >= 4 is 40.1 Å². The van der Waals surface area contributed by atoms with Crippen molar-refractivity contribution in [2.45, 2.75) is 25.4 Å². The van der Waals surface area contributed by atoms with E-state index in [9.17, 15) is 14.4 Å². The first-order valence-corrected chi connectivity index (χ1v) is 13.9. The Kier molecular flexibility index (Phi) is 5.84. The summed E-state index contributed by atoms with van der Waals surface area (Å²) in [5, 5.41) is 0.596. The van der Waals surface area contributed by atoms with Crippen LogP contribution in [0.15, 0.2) is 106 Å². The van der Waals surface area contributed by atoms with Crippen molar-refractivity contribution in [1.82, 2.24) is 4.90 Å². The molecule has 0 saturated carbocycles. The Balaban J connectivity index is 1.47. The standard InChI is InChI=1S/C34H25ClN2O4/c1-21-8-7-11-23(18-21)20-36-27-13-6-5-12-26(27)34(33(36)40)29-30(38)25-19-24(35)14-15-28(25)41-31(29)32(39)37(34)17-16-22-9-3-2-4-10-22/h2-15,18-19H,16-17,20H2,1H3. The van der Waals surface area contributed by atoms with Crippen molar-refractivity contribution in [3.8, 4) is 0 Å². The predicted molar refractivity (Wildman–Crippen MR) is 158 cm³/mol. The molecule has 1 aromatic heterocycles. The molecule has 0 saturated heterocycles. The van der Waals surface area contributed by atoms with Gasteiger partial charge in [0.05, 0.1) is 23.2 Å². The van der Waals surface area contributed by atoms with Gasteiger partial charge in [0.1, 0.15) is 5.58 Å². The second kappa shape index (κ2) is 9.46. The van der Waals surface area contributed by atoms with Crippen LogP contribution in [0.2, 0.25) is 5.02 Å². The fourth-order valence-corrected chi connectivity index (χ4v) is 6.47. The number of hydrogen-bond donors (Lipinski definition) is 0. The van der Waals surface area contributed by atoms with Gasteiger partial charge in [0.15, 0.2) is 11.0 Å². The predicted octanol–water partition coefficient (Wildman–Crippen LogP) is 6.24. The molecule has 2 aliphatic heterocycles. The fourth-order valence-electron chi connectivity index (χ4n) is 6.30. The van der Waals surface area contributed by atoms with E-state index in [4.69, 9.17) is 16.0 Å². The summed E-state index contributed by atoms with van der Waals surface area (Å²) >= 11 is 6.27. The molecule has 0 N–H and O–H groups in total. The number of carbonyl (C=O) groups excluding carboxylic acids is 2. The number of carbonyl (C=O) groups is 2. The second-order valence-corrected chi connectivity index (χ2v) is 11.0. The van der Waals surface area contributed by atoms with E-state index in [1.54, 1.807) is 17.0 Å². The Morgan fingerprint density at radius 2 is 1.59 bits per heavy atom. The van der Waals surface area contributed by atoms with Gasteiger partial charge in [-0.1, -0.05) is 90.0 Å². The van der Waals surface area contributed by atoms with E-state index >= 15 is 0 Å². The summed E-state index contributed by atoms with van der Waals surface area (Å²) in [6.45, 7) is 2.51. The number of para-hydroxylation sites is 1. The van der Waals surface area contributed by atoms with E-state index in [1.807, 2.05) is 85.8 Å². The highest BCUT2D eigenvalue weighted by molar-refractivity contribution is 6.31. The molecule has 0 bridgehead atoms. The van der Waals surface area contributed by atoms with Crippen LogP contribution in [0.25, 0.3) is 11.0 Å². The molecular formula is C34H25ClN2O4. The molecule has 0 fully saturated rings. The normalized spacial score (nSPS) is 17.5. The molecule has 5 aromatic rings. The molecule has 7 rings (SSSR count). The number of benzene rings is 4. The average molecular weight is 561 g/mol. The maximum Gasteiger partial charge on any atom is 0.291 e. The lowest BCUT2D eigenvalue weighted by Gasteiger charge is -2.34. The molecule has 1 atom stereocenters. The van der Waals surface area contributed by atoms with E-state index in [-0.39, 0.29) is 34.7 Å². The average Bonchev–Trinajstić information content (AvgIpc) is 3.37. The molecule has 7 heteroatoms. The van der Waals surface area contributed by atoms with Crippen LogP contribution < -0.4 is 10.3 Å². The lowest BCUT2D eigenvalue weighted by molar-refractivity contribution is -0.126. The molecule has 41 heavy (non-hydrogen) atoms. The maximum absolute atomic E-state index is 14.9. The van der Waals surface area contributed by atoms with Gasteiger partial charge < -0.3 is 14.2 Å². The van der Waals surface area contributed by atoms with Crippen LogP contribution in [-0.4, -0.2) is 23.3 Å². The number of rotatable bonds is 5. The van der Waals surface area contributed by atoms with Gasteiger partial charge in [-0.25, -0.2) is 0 Å². The van der Waals surface area contributed by atoms with Crippen LogP contribution in [0.4, 0.5) is 5.69 Å². The first-order valence-electron chi connectivity index (χ1n) is 13.5. The Morgan fingerprint density at radius 3 is 2.39 bits per heavy atom. The number of fused-ring (bicyclic) bond motifs is 5. The van der Waals surface area contributed by atoms with E-state index in [1.165, 1.54) is 11.0 Å². The fraction of sp³-hybridized carbons (Fsp3) is 0.147. The molecule has 3 heterocycles. The SMILES string of the molecule is Cc1cccc(CN2C(=O)C3(c4ccccc42)c2c(oc4ccc(Cl)cc4c2=O)C(=O)N3CCc2ccccc2)c1. The highest BCUT2D eigenvalue weighted by Gasteiger charge is 2.64. The molecule has 2 aliphatic rings. The summed E-state index contributed by atoms with van der Waals surface area (Å²) in [7, 11) is 0. The van der Waals surface area contributed by atoms with Crippen LogP contribution in [0.1, 0.15) is 38.4 Å². The highest BCUT2D eigenvalue weighted by Crippen LogP contribution is 2.53. The largest absolute Gasteiger partial charge is 0.450 e. The molecule has 1 spiro atoms. The zero-order valence-corrected chi connectivity index (χ0v) is 23.0. The smallest absolute Gasteiger partial charge is 0.291 e. The van der Waals surface area contributed by atoms with Crippen LogP contribution in [-0.2, 0) is 23.3 Å². The first kappa shape index (κ1) is 25.3. The summed E-state index contributed by atoms with van der Waals surface area (Å²) in [6, 6.07) is 29.9. The minimum Gasteiger partial charge on any atom is -0.450 e. The van der Waals surface area contributed by atoms with Crippen molar-refractivity contribution in [2.75, 3.05) is 11.4 Å². The van der Waals surface area contributed by atoms with Crippen molar-refractivity contribution in [2.24, 2.45) is 0 Å². The van der Waals surface area contributed by atoms with Crippen molar-refractivity contribution < 1.29 is 14.0 Å². The van der Waals surface area contributed by atoms with Gasteiger partial charge in [-0.3, -0.25) is 14.4 Å². The molecule has 0 aliphatic carbocycles. The van der Waals surface area contributed by atoms with Gasteiger partial charge in [0, 0.05) is 17.1 Å². The monoisotopic (exact) mass is 560 g/mol. The van der Waals surface area contributed by atoms with E-state index in [0.29, 0.717) is 29.2 Å². The van der Waals surface area contributed by atoms with E-state index in [2.05, 4.69) is 0 Å². The topological polar surface area (TPSA) is 70.8 Å². The van der Waals surface area contributed by atoms with Gasteiger partial charge in [-0.15, -0.1) is 0 Å². The lowest BCUT2D eigenvalue weighted by atomic mass is 9.83. The van der Waals surface area contributed by atoms with Crippen molar-refractivity contribution in [1.29, 1.82) is 0 Å². The summed E-state index contributed by atoms with van der Waals surface area (Å²) in [5.41, 5.74) is 2.49. The number of nitrogens with zero attached hydrogens (tertiary/aromatic N) is 2.